The molecule has 0 atom stereocenters. The Bertz CT molecular complexity index is 785. The highest BCUT2D eigenvalue weighted by Crippen LogP contribution is 2.17. The lowest BCUT2D eigenvalue weighted by molar-refractivity contribution is 0.0963. The van der Waals surface area contributed by atoms with Gasteiger partial charge >= 0.3 is 6.09 Å². The predicted octanol–water partition coefficient (Wildman–Crippen LogP) is 2.88. The molecule has 0 unspecified atom stereocenters. The van der Waals surface area contributed by atoms with Crippen LogP contribution in [0.1, 0.15) is 25.3 Å². The van der Waals surface area contributed by atoms with Gasteiger partial charge in [-0.15, -0.1) is 24.0 Å². The van der Waals surface area contributed by atoms with E-state index in [1.165, 1.54) is 0 Å². The number of aliphatic imine (C=N–C) groups is 1. The molecule has 3 N–H and O–H groups in total. The van der Waals surface area contributed by atoms with E-state index >= 15 is 0 Å². The highest BCUT2D eigenvalue weighted by Gasteiger charge is 2.23. The Kier molecular flexibility index (Phi) is 8.08. The van der Waals surface area contributed by atoms with Crippen molar-refractivity contribution in [1.29, 1.82) is 0 Å². The maximum atomic E-state index is 11.7. The molecule has 1 saturated heterocycles. The molecule has 2 heterocycles. The lowest BCUT2D eigenvalue weighted by atomic mass is 10.1. The van der Waals surface area contributed by atoms with Gasteiger partial charge in [-0.05, 0) is 37.5 Å². The van der Waals surface area contributed by atoms with Crippen molar-refractivity contribution in [2.24, 2.45) is 10.7 Å². The van der Waals surface area contributed by atoms with Crippen LogP contribution in [0, 0.1) is 0 Å². The van der Waals surface area contributed by atoms with Gasteiger partial charge in [0.15, 0.2) is 5.96 Å². The molecule has 7 nitrogen and oxygen atoms in total. The summed E-state index contributed by atoms with van der Waals surface area (Å²) in [6.45, 7) is 4.05. The van der Waals surface area contributed by atoms with Crippen molar-refractivity contribution in [1.82, 2.24) is 15.2 Å². The first-order chi connectivity index (χ1) is 12.7. The number of nitrogens with one attached hydrogen (secondary N) is 1. The van der Waals surface area contributed by atoms with Crippen LogP contribution in [0.2, 0.25) is 0 Å². The zero-order chi connectivity index (χ0) is 18.4. The first-order valence-electron chi connectivity index (χ1n) is 8.98. The fraction of sp³-hybridized carbons (Fsp3) is 0.421. The number of ether oxygens (including phenoxy) is 1. The number of halogens is 1. The van der Waals surface area contributed by atoms with E-state index in [0.717, 1.165) is 29.3 Å². The Morgan fingerprint density at radius 1 is 1.33 bits per heavy atom. The fourth-order valence-electron chi connectivity index (χ4n) is 3.14. The van der Waals surface area contributed by atoms with Crippen molar-refractivity contribution in [2.75, 3.05) is 19.7 Å². The number of hydrogen-bond acceptors (Lipinski definition) is 4. The van der Waals surface area contributed by atoms with Crippen LogP contribution in [0.25, 0.3) is 10.9 Å². The van der Waals surface area contributed by atoms with E-state index in [1.54, 1.807) is 11.1 Å². The molecule has 8 heteroatoms. The summed E-state index contributed by atoms with van der Waals surface area (Å²) in [5.74, 6) is 0.431. The van der Waals surface area contributed by atoms with Gasteiger partial charge in [-0.2, -0.15) is 0 Å². The van der Waals surface area contributed by atoms with E-state index in [1.807, 2.05) is 37.3 Å². The Morgan fingerprint density at radius 2 is 2.07 bits per heavy atom. The van der Waals surface area contributed by atoms with Crippen LogP contribution < -0.4 is 11.1 Å². The fourth-order valence-corrected chi connectivity index (χ4v) is 3.14. The number of piperidine rings is 1. The lowest BCUT2D eigenvalue weighted by Gasteiger charge is -2.31. The molecule has 3 rings (SSSR count). The third-order valence-electron chi connectivity index (χ3n) is 4.53. The van der Waals surface area contributed by atoms with Crippen molar-refractivity contribution in [2.45, 2.75) is 32.4 Å². The molecule has 146 valence electrons. The highest BCUT2D eigenvalue weighted by atomic mass is 127. The van der Waals surface area contributed by atoms with E-state index in [2.05, 4.69) is 15.3 Å². The number of carbonyl (C=O) groups excluding carboxylic acids is 1. The van der Waals surface area contributed by atoms with Gasteiger partial charge in [-0.3, -0.25) is 4.98 Å². The third-order valence-corrected chi connectivity index (χ3v) is 4.53. The van der Waals surface area contributed by atoms with Gasteiger partial charge < -0.3 is 20.7 Å². The minimum absolute atomic E-state index is 0. The predicted molar refractivity (Wildman–Crippen MR) is 117 cm³/mol. The maximum absolute atomic E-state index is 11.7. The van der Waals surface area contributed by atoms with Gasteiger partial charge in [0.05, 0.1) is 18.7 Å². The van der Waals surface area contributed by atoms with Crippen LogP contribution in [0.4, 0.5) is 4.79 Å². The average molecular weight is 483 g/mol. The molecule has 2 aromatic rings. The number of rotatable bonds is 4. The maximum Gasteiger partial charge on any atom is 0.409 e. The van der Waals surface area contributed by atoms with E-state index < -0.39 is 0 Å². The molecular formula is C19H26IN5O2. The topological polar surface area (TPSA) is 92.8 Å². The number of nitrogens with zero attached hydrogens (tertiary/aromatic N) is 3. The van der Waals surface area contributed by atoms with E-state index in [4.69, 9.17) is 10.5 Å². The van der Waals surface area contributed by atoms with Crippen LogP contribution in [0.5, 0.6) is 0 Å². The number of benzene rings is 1. The minimum Gasteiger partial charge on any atom is -0.450 e. The number of hydrogen-bond donors (Lipinski definition) is 2. The number of nitrogens with two attached hydrogens (primary N) is 1. The van der Waals surface area contributed by atoms with Crippen molar-refractivity contribution < 1.29 is 9.53 Å². The zero-order valence-electron chi connectivity index (χ0n) is 15.4. The van der Waals surface area contributed by atoms with Gasteiger partial charge in [-0.25, -0.2) is 9.79 Å². The SMILES string of the molecule is CCOC(=O)N1CCC(NC(N)=NCc2ccnc3ccccc23)CC1.I. The molecular weight excluding hydrogens is 457 g/mol. The number of likely N-dealkylation sites (tertiary alicyclic amines) is 1. The van der Waals surface area contributed by atoms with Crippen molar-refractivity contribution in [3.63, 3.8) is 0 Å². The zero-order valence-corrected chi connectivity index (χ0v) is 17.8. The molecule has 27 heavy (non-hydrogen) atoms. The van der Waals surface area contributed by atoms with Crippen molar-refractivity contribution in [3.05, 3.63) is 42.1 Å². The second kappa shape index (κ2) is 10.3. The van der Waals surface area contributed by atoms with Gasteiger partial charge in [0.2, 0.25) is 0 Å². The summed E-state index contributed by atoms with van der Waals surface area (Å²) in [5.41, 5.74) is 8.11. The van der Waals surface area contributed by atoms with E-state index in [-0.39, 0.29) is 36.1 Å². The molecule has 0 spiro atoms. The van der Waals surface area contributed by atoms with Crippen LogP contribution in [0.15, 0.2) is 41.5 Å². The number of aromatic nitrogens is 1. The van der Waals surface area contributed by atoms with E-state index in [0.29, 0.717) is 32.2 Å². The molecule has 1 amide bonds. The molecule has 1 fully saturated rings. The number of para-hydroxylation sites is 1. The minimum atomic E-state index is -0.239. The summed E-state index contributed by atoms with van der Waals surface area (Å²) in [5, 5.41) is 4.35. The largest absolute Gasteiger partial charge is 0.450 e. The first kappa shape index (κ1) is 21.2. The number of guanidine groups is 1. The molecule has 1 aromatic heterocycles. The van der Waals surface area contributed by atoms with Gasteiger partial charge in [0, 0.05) is 30.7 Å². The van der Waals surface area contributed by atoms with Gasteiger partial charge in [0.25, 0.3) is 0 Å². The molecule has 1 aromatic carbocycles. The molecule has 1 aliphatic rings. The lowest BCUT2D eigenvalue weighted by Crippen LogP contribution is -2.48. The van der Waals surface area contributed by atoms with Crippen LogP contribution in [-0.4, -0.2) is 47.7 Å². The molecule has 1 aliphatic heterocycles. The number of pyridine rings is 1. The summed E-state index contributed by atoms with van der Waals surface area (Å²) in [4.78, 5) is 22.3. The van der Waals surface area contributed by atoms with Crippen LogP contribution in [0.3, 0.4) is 0 Å². The third kappa shape index (κ3) is 5.69. The van der Waals surface area contributed by atoms with Crippen molar-refractivity contribution >= 4 is 46.9 Å². The second-order valence-electron chi connectivity index (χ2n) is 6.29. The summed E-state index contributed by atoms with van der Waals surface area (Å²) in [6, 6.07) is 10.2. The van der Waals surface area contributed by atoms with Gasteiger partial charge in [-0.1, -0.05) is 18.2 Å². The standard InChI is InChI=1S/C19H25N5O2.HI/c1-2-26-19(25)24-11-8-15(9-12-24)23-18(20)22-13-14-7-10-21-17-6-4-3-5-16(14)17;/h3-7,10,15H,2,8-9,11-13H2,1H3,(H3,20,22,23);1H. The molecule has 0 radical (unpaired) electrons. The Balaban J connectivity index is 0.00000261. The van der Waals surface area contributed by atoms with Crippen molar-refractivity contribution in [3.8, 4) is 0 Å². The summed E-state index contributed by atoms with van der Waals surface area (Å²) in [7, 11) is 0. The Hall–Kier alpha value is -2.10. The summed E-state index contributed by atoms with van der Waals surface area (Å²) >= 11 is 0. The number of carbonyl (C=O) groups is 1. The Morgan fingerprint density at radius 3 is 2.81 bits per heavy atom. The van der Waals surface area contributed by atoms with Crippen LogP contribution >= 0.6 is 24.0 Å². The molecule has 0 bridgehead atoms. The summed E-state index contributed by atoms with van der Waals surface area (Å²) < 4.78 is 5.03. The smallest absolute Gasteiger partial charge is 0.409 e. The second-order valence-corrected chi connectivity index (χ2v) is 6.29. The number of amides is 1. The average Bonchev–Trinajstić information content (AvgIpc) is 2.67. The number of fused-ring (bicyclic) bond motifs is 1. The highest BCUT2D eigenvalue weighted by molar-refractivity contribution is 14.0. The first-order valence-corrected chi connectivity index (χ1v) is 8.98. The quantitative estimate of drug-likeness (QED) is 0.397. The Labute approximate surface area is 176 Å². The van der Waals surface area contributed by atoms with Gasteiger partial charge in [0.1, 0.15) is 0 Å². The molecule has 0 saturated carbocycles. The van der Waals surface area contributed by atoms with E-state index in [9.17, 15) is 4.79 Å². The normalized spacial score (nSPS) is 15.3. The molecule has 0 aliphatic carbocycles. The monoisotopic (exact) mass is 483 g/mol. The summed E-state index contributed by atoms with van der Waals surface area (Å²) in [6.07, 6.45) is 3.21. The van der Waals surface area contributed by atoms with Crippen LogP contribution in [-0.2, 0) is 11.3 Å².